The van der Waals surface area contributed by atoms with Gasteiger partial charge in [0, 0.05) is 24.7 Å². The number of β-amino-alcohol motifs (C(OH)–C–C–N with tert-alkyl or cyclic N) is 1. The van der Waals surface area contributed by atoms with Crippen molar-refractivity contribution < 1.29 is 5.11 Å². The first-order valence-electron chi connectivity index (χ1n) is 7.35. The van der Waals surface area contributed by atoms with E-state index in [-0.39, 0.29) is 18.1 Å². The molecule has 1 aromatic rings. The van der Waals surface area contributed by atoms with Crippen LogP contribution >= 0.6 is 0 Å². The van der Waals surface area contributed by atoms with Gasteiger partial charge in [0.25, 0.3) is 0 Å². The van der Waals surface area contributed by atoms with Crippen LogP contribution in [0.1, 0.15) is 31.7 Å². The van der Waals surface area contributed by atoms with Crippen LogP contribution in [0.3, 0.4) is 0 Å². The van der Waals surface area contributed by atoms with E-state index in [1.165, 1.54) is 6.33 Å². The van der Waals surface area contributed by atoms with Crippen LogP contribution in [0.15, 0.2) is 6.33 Å². The van der Waals surface area contributed by atoms with Crippen LogP contribution in [0.5, 0.6) is 0 Å². The molecule has 4 N–H and O–H groups in total. The monoisotopic (exact) mass is 294 g/mol. The number of aliphatic hydroxyl groups is 1. The summed E-state index contributed by atoms with van der Waals surface area (Å²) in [5.41, 5.74) is 3.65. The minimum Gasteiger partial charge on any atom is -0.391 e. The van der Waals surface area contributed by atoms with Gasteiger partial charge >= 0.3 is 0 Å². The summed E-state index contributed by atoms with van der Waals surface area (Å²) in [5.74, 6) is 7.35. The number of hydrogen-bond donors (Lipinski definition) is 3. The molecule has 2 unspecified atom stereocenters. The lowest BCUT2D eigenvalue weighted by Crippen LogP contribution is -2.39. The minimum atomic E-state index is -0.320. The van der Waals surface area contributed by atoms with Crippen LogP contribution in [0.2, 0.25) is 0 Å². The molecular formula is C14H26N6O. The number of aliphatic hydroxyl groups excluding tert-OH is 1. The molecule has 1 aromatic heterocycles. The summed E-state index contributed by atoms with van der Waals surface area (Å²) in [6, 6.07) is 0.244. The van der Waals surface area contributed by atoms with E-state index < -0.39 is 0 Å². The van der Waals surface area contributed by atoms with Crippen LogP contribution < -0.4 is 16.2 Å². The van der Waals surface area contributed by atoms with Crippen LogP contribution in [0.4, 0.5) is 11.6 Å². The highest BCUT2D eigenvalue weighted by Crippen LogP contribution is 2.34. The van der Waals surface area contributed by atoms with Gasteiger partial charge in [-0.1, -0.05) is 13.8 Å². The molecule has 1 aliphatic rings. The summed E-state index contributed by atoms with van der Waals surface area (Å²) >= 11 is 0. The SMILES string of the molecule is CC(C)c1c(NN)ncnc1N1CC(O)CC1CN(C)C. The number of aromatic nitrogens is 2. The fourth-order valence-electron chi connectivity index (χ4n) is 3.01. The van der Waals surface area contributed by atoms with Crippen LogP contribution in [0.25, 0.3) is 0 Å². The Morgan fingerprint density at radius 1 is 1.48 bits per heavy atom. The number of hydrazine groups is 1. The molecule has 21 heavy (non-hydrogen) atoms. The Kier molecular flexibility index (Phi) is 4.97. The zero-order valence-corrected chi connectivity index (χ0v) is 13.2. The third-order valence-corrected chi connectivity index (χ3v) is 3.82. The molecule has 118 valence electrons. The number of anilines is 2. The molecule has 1 fully saturated rings. The lowest BCUT2D eigenvalue weighted by Gasteiger charge is -2.30. The minimum absolute atomic E-state index is 0.241. The van der Waals surface area contributed by atoms with Gasteiger partial charge in [-0.25, -0.2) is 15.8 Å². The molecule has 0 saturated carbocycles. The first-order valence-corrected chi connectivity index (χ1v) is 7.35. The zero-order chi connectivity index (χ0) is 15.6. The lowest BCUT2D eigenvalue weighted by atomic mass is 10.0. The molecule has 2 atom stereocenters. The van der Waals surface area contributed by atoms with E-state index in [4.69, 9.17) is 5.84 Å². The molecule has 0 aliphatic carbocycles. The smallest absolute Gasteiger partial charge is 0.148 e. The Labute approximate surface area is 126 Å². The molecule has 0 amide bonds. The Balaban J connectivity index is 2.39. The average Bonchev–Trinajstić information content (AvgIpc) is 2.77. The summed E-state index contributed by atoms with van der Waals surface area (Å²) in [4.78, 5) is 13.0. The molecule has 7 heteroatoms. The third kappa shape index (κ3) is 3.42. The van der Waals surface area contributed by atoms with Gasteiger partial charge in [0.05, 0.1) is 6.10 Å². The second-order valence-corrected chi connectivity index (χ2v) is 6.22. The van der Waals surface area contributed by atoms with Crippen molar-refractivity contribution in [3.05, 3.63) is 11.9 Å². The van der Waals surface area contributed by atoms with Crippen molar-refractivity contribution in [1.29, 1.82) is 0 Å². The van der Waals surface area contributed by atoms with E-state index >= 15 is 0 Å². The van der Waals surface area contributed by atoms with Crippen molar-refractivity contribution in [1.82, 2.24) is 14.9 Å². The van der Waals surface area contributed by atoms with E-state index in [0.29, 0.717) is 12.4 Å². The maximum absolute atomic E-state index is 10.1. The van der Waals surface area contributed by atoms with Gasteiger partial charge in [0.15, 0.2) is 0 Å². The first kappa shape index (κ1) is 15.9. The second-order valence-electron chi connectivity index (χ2n) is 6.22. The van der Waals surface area contributed by atoms with Crippen molar-refractivity contribution in [3.63, 3.8) is 0 Å². The number of nitrogens with two attached hydrogens (primary N) is 1. The molecule has 0 spiro atoms. The fraction of sp³-hybridized carbons (Fsp3) is 0.714. The largest absolute Gasteiger partial charge is 0.391 e. The molecule has 2 heterocycles. The van der Waals surface area contributed by atoms with E-state index in [2.05, 4.69) is 39.0 Å². The quantitative estimate of drug-likeness (QED) is 0.534. The highest BCUT2D eigenvalue weighted by molar-refractivity contribution is 5.61. The van der Waals surface area contributed by atoms with Gasteiger partial charge in [0.1, 0.15) is 18.0 Å². The number of hydrogen-bond acceptors (Lipinski definition) is 7. The average molecular weight is 294 g/mol. The van der Waals surface area contributed by atoms with Gasteiger partial charge in [-0.3, -0.25) is 0 Å². The van der Waals surface area contributed by atoms with Crippen molar-refractivity contribution >= 4 is 11.6 Å². The van der Waals surface area contributed by atoms with Gasteiger partial charge < -0.3 is 20.3 Å². The van der Waals surface area contributed by atoms with Crippen LogP contribution in [0, 0.1) is 0 Å². The number of rotatable bonds is 5. The number of nitrogen functional groups attached to an aromatic ring is 1. The maximum Gasteiger partial charge on any atom is 0.148 e. The Bertz CT molecular complexity index is 479. The van der Waals surface area contributed by atoms with E-state index in [0.717, 1.165) is 24.3 Å². The molecular weight excluding hydrogens is 268 g/mol. The first-order chi connectivity index (χ1) is 9.93. The van der Waals surface area contributed by atoms with Crippen molar-refractivity contribution in [2.75, 3.05) is 37.5 Å². The number of nitrogens with one attached hydrogen (secondary N) is 1. The third-order valence-electron chi connectivity index (χ3n) is 3.82. The topological polar surface area (TPSA) is 90.5 Å². The molecule has 2 rings (SSSR count). The van der Waals surface area contributed by atoms with Gasteiger partial charge in [-0.15, -0.1) is 0 Å². The molecule has 0 aromatic carbocycles. The highest BCUT2D eigenvalue weighted by atomic mass is 16.3. The predicted octanol–water partition coefficient (Wildman–Crippen LogP) is 0.387. The Hall–Kier alpha value is -1.44. The van der Waals surface area contributed by atoms with E-state index in [1.54, 1.807) is 0 Å². The van der Waals surface area contributed by atoms with Gasteiger partial charge in [-0.2, -0.15) is 0 Å². The standard InChI is InChI=1S/C14H26N6O/c1-9(2)12-13(18-15)16-8-17-14(12)20-7-11(21)5-10(20)6-19(3)4/h8-11,21H,5-7,15H2,1-4H3,(H,16,17,18). The molecule has 1 saturated heterocycles. The number of likely N-dealkylation sites (N-methyl/N-ethyl adjacent to an activating group) is 1. The molecule has 7 nitrogen and oxygen atoms in total. The predicted molar refractivity (Wildman–Crippen MR) is 84.2 cm³/mol. The summed E-state index contributed by atoms with van der Waals surface area (Å²) in [5, 5.41) is 10.1. The summed E-state index contributed by atoms with van der Waals surface area (Å²) in [6.07, 6.45) is 1.96. The van der Waals surface area contributed by atoms with Crippen molar-refractivity contribution in [3.8, 4) is 0 Å². The van der Waals surface area contributed by atoms with E-state index in [1.807, 2.05) is 14.1 Å². The molecule has 1 aliphatic heterocycles. The lowest BCUT2D eigenvalue weighted by molar-refractivity contribution is 0.191. The number of nitrogens with zero attached hydrogens (tertiary/aromatic N) is 4. The van der Waals surface area contributed by atoms with Gasteiger partial charge in [0.2, 0.25) is 0 Å². The summed E-state index contributed by atoms with van der Waals surface area (Å²) in [6.45, 7) is 5.66. The molecule has 0 radical (unpaired) electrons. The fourth-order valence-corrected chi connectivity index (χ4v) is 3.01. The highest BCUT2D eigenvalue weighted by Gasteiger charge is 2.34. The van der Waals surface area contributed by atoms with Crippen LogP contribution in [-0.4, -0.2) is 59.3 Å². The molecule has 0 bridgehead atoms. The van der Waals surface area contributed by atoms with Crippen molar-refractivity contribution in [2.45, 2.75) is 38.3 Å². The Morgan fingerprint density at radius 2 is 2.19 bits per heavy atom. The van der Waals surface area contributed by atoms with Crippen LogP contribution in [-0.2, 0) is 0 Å². The van der Waals surface area contributed by atoms with E-state index in [9.17, 15) is 5.11 Å². The zero-order valence-electron chi connectivity index (χ0n) is 13.2. The summed E-state index contributed by atoms with van der Waals surface area (Å²) < 4.78 is 0. The second kappa shape index (κ2) is 6.55. The Morgan fingerprint density at radius 3 is 2.76 bits per heavy atom. The normalized spacial score (nSPS) is 22.4. The maximum atomic E-state index is 10.1. The van der Waals surface area contributed by atoms with Crippen molar-refractivity contribution in [2.24, 2.45) is 5.84 Å². The summed E-state index contributed by atoms with van der Waals surface area (Å²) in [7, 11) is 4.08. The van der Waals surface area contributed by atoms with Gasteiger partial charge in [-0.05, 0) is 26.4 Å².